The molecule has 1 unspecified atom stereocenters. The lowest BCUT2D eigenvalue weighted by Gasteiger charge is -1.99. The molecule has 88 valence electrons. The highest BCUT2D eigenvalue weighted by atomic mass is 31.1. The van der Waals surface area contributed by atoms with Crippen LogP contribution in [0.15, 0.2) is 24.3 Å². The molecule has 1 heterocycles. The molecule has 0 aliphatic carbocycles. The van der Waals surface area contributed by atoms with Gasteiger partial charge in [0.1, 0.15) is 0 Å². The van der Waals surface area contributed by atoms with Gasteiger partial charge in [-0.3, -0.25) is 9.59 Å². The zero-order valence-corrected chi connectivity index (χ0v) is 10.1. The Kier molecular flexibility index (Phi) is 3.20. The molecule has 1 aromatic rings. The summed E-state index contributed by atoms with van der Waals surface area (Å²) in [6.07, 6.45) is 0.217. The van der Waals surface area contributed by atoms with Crippen LogP contribution in [0.2, 0.25) is 0 Å². The summed E-state index contributed by atoms with van der Waals surface area (Å²) in [7, 11) is -2.46. The second-order valence-corrected chi connectivity index (χ2v) is 4.80. The molecule has 1 aromatic carbocycles. The van der Waals surface area contributed by atoms with Gasteiger partial charge < -0.3 is 0 Å². The van der Waals surface area contributed by atoms with Crippen LogP contribution in [0.25, 0.3) is 0 Å². The van der Waals surface area contributed by atoms with E-state index < -0.39 is 20.0 Å². The van der Waals surface area contributed by atoms with Gasteiger partial charge in [0.25, 0.3) is 11.8 Å². The van der Waals surface area contributed by atoms with Crippen LogP contribution in [0.1, 0.15) is 18.4 Å². The summed E-state index contributed by atoms with van der Waals surface area (Å²) in [6, 6.07) is 6.89. The summed E-state index contributed by atoms with van der Waals surface area (Å²) in [5.41, 5.74) is 1.04. The number of carbonyl (C=O) groups is 2. The Morgan fingerprint density at radius 1 is 1.12 bits per heavy atom. The van der Waals surface area contributed by atoms with Crippen LogP contribution in [0, 0.1) is 6.92 Å². The lowest BCUT2D eigenvalue weighted by Crippen LogP contribution is -2.22. The summed E-state index contributed by atoms with van der Waals surface area (Å²) in [4.78, 5) is 22.6. The number of carbonyl (C=O) groups excluding carboxylic acids is 2. The monoisotopic (exact) mass is 252 g/mol. The van der Waals surface area contributed by atoms with E-state index in [1.54, 1.807) is 24.3 Å². The van der Waals surface area contributed by atoms with Crippen LogP contribution in [0.5, 0.6) is 5.75 Å². The Bertz CT molecular complexity index is 467. The highest BCUT2D eigenvalue weighted by molar-refractivity contribution is 7.38. The lowest BCUT2D eigenvalue weighted by atomic mass is 10.2. The molecular formula is C11H11NO4P+. The summed E-state index contributed by atoms with van der Waals surface area (Å²) in [5.74, 6) is -0.504. The van der Waals surface area contributed by atoms with Crippen molar-refractivity contribution in [3.8, 4) is 5.75 Å². The molecule has 1 atom stereocenters. The van der Waals surface area contributed by atoms with Crippen molar-refractivity contribution in [3.63, 3.8) is 0 Å². The number of amides is 2. The lowest BCUT2D eigenvalue weighted by molar-refractivity contribution is -0.132. The smallest absolute Gasteiger partial charge is 0.270 e. The average molecular weight is 252 g/mol. The van der Waals surface area contributed by atoms with Crippen molar-refractivity contribution in [2.45, 2.75) is 19.8 Å². The van der Waals surface area contributed by atoms with Gasteiger partial charge in [-0.15, -0.1) is 0 Å². The molecule has 0 radical (unpaired) electrons. The van der Waals surface area contributed by atoms with Gasteiger partial charge in [-0.05, 0) is 23.7 Å². The first-order valence-corrected chi connectivity index (χ1v) is 6.28. The quantitative estimate of drug-likeness (QED) is 0.611. The molecule has 1 saturated heterocycles. The SMILES string of the molecule is Cc1ccc(O[P+](=O)N2C(=O)CCC2=O)cc1. The Labute approximate surface area is 99.3 Å². The third-order valence-corrected chi connectivity index (χ3v) is 3.53. The van der Waals surface area contributed by atoms with Crippen molar-refractivity contribution in [3.05, 3.63) is 29.8 Å². The number of benzene rings is 1. The van der Waals surface area contributed by atoms with Crippen LogP contribution in [0.3, 0.4) is 0 Å². The Morgan fingerprint density at radius 3 is 2.18 bits per heavy atom. The fourth-order valence-corrected chi connectivity index (χ4v) is 2.43. The zero-order valence-electron chi connectivity index (χ0n) is 9.25. The molecule has 1 aliphatic rings. The summed E-state index contributed by atoms with van der Waals surface area (Å²) >= 11 is 0. The van der Waals surface area contributed by atoms with E-state index in [0.29, 0.717) is 10.4 Å². The molecule has 0 spiro atoms. The predicted octanol–water partition coefficient (Wildman–Crippen LogP) is 2.18. The number of aryl methyl sites for hydroxylation is 1. The van der Waals surface area contributed by atoms with Crippen LogP contribution >= 0.6 is 8.18 Å². The topological polar surface area (TPSA) is 63.7 Å². The number of rotatable bonds is 3. The van der Waals surface area contributed by atoms with E-state index in [2.05, 4.69) is 0 Å². The number of imide groups is 1. The van der Waals surface area contributed by atoms with Crippen LogP contribution < -0.4 is 4.52 Å². The Hall–Kier alpha value is -1.74. The highest BCUT2D eigenvalue weighted by Gasteiger charge is 2.46. The highest BCUT2D eigenvalue weighted by Crippen LogP contribution is 2.35. The first kappa shape index (κ1) is 11.7. The van der Waals surface area contributed by atoms with Gasteiger partial charge in [0.2, 0.25) is 0 Å². The molecule has 0 saturated carbocycles. The molecule has 0 N–H and O–H groups in total. The van der Waals surface area contributed by atoms with Crippen molar-refractivity contribution in [2.75, 3.05) is 0 Å². The van der Waals surface area contributed by atoms with Gasteiger partial charge in [-0.1, -0.05) is 17.7 Å². The molecule has 0 aromatic heterocycles. The zero-order chi connectivity index (χ0) is 12.4. The van der Waals surface area contributed by atoms with E-state index >= 15 is 0 Å². The largest absolute Gasteiger partial charge is 0.707 e. The molecular weight excluding hydrogens is 241 g/mol. The van der Waals surface area contributed by atoms with Gasteiger partial charge in [0.05, 0.1) is 0 Å². The van der Waals surface area contributed by atoms with E-state index in [0.717, 1.165) is 5.56 Å². The minimum Gasteiger partial charge on any atom is -0.270 e. The third-order valence-electron chi connectivity index (χ3n) is 2.39. The van der Waals surface area contributed by atoms with Gasteiger partial charge in [-0.25, -0.2) is 4.52 Å². The van der Waals surface area contributed by atoms with Crippen LogP contribution in [0.4, 0.5) is 0 Å². The maximum absolute atomic E-state index is 11.7. The predicted molar refractivity (Wildman–Crippen MR) is 60.5 cm³/mol. The van der Waals surface area contributed by atoms with Gasteiger partial charge >= 0.3 is 8.18 Å². The maximum Gasteiger partial charge on any atom is 0.707 e. The molecule has 5 nitrogen and oxygen atoms in total. The minimum atomic E-state index is -2.46. The maximum atomic E-state index is 11.7. The number of nitrogens with zero attached hydrogens (tertiary/aromatic N) is 1. The average Bonchev–Trinajstić information content (AvgIpc) is 2.62. The number of hydrogen-bond acceptors (Lipinski definition) is 4. The van der Waals surface area contributed by atoms with Crippen LogP contribution in [-0.2, 0) is 14.2 Å². The van der Waals surface area contributed by atoms with E-state index in [9.17, 15) is 14.2 Å². The first-order valence-electron chi connectivity index (χ1n) is 5.15. The second kappa shape index (κ2) is 4.63. The molecule has 6 heteroatoms. The van der Waals surface area contributed by atoms with E-state index in [4.69, 9.17) is 4.52 Å². The molecule has 17 heavy (non-hydrogen) atoms. The van der Waals surface area contributed by atoms with Crippen molar-refractivity contribution < 1.29 is 18.7 Å². The van der Waals surface area contributed by atoms with E-state index in [1.165, 1.54) is 0 Å². The molecule has 1 fully saturated rings. The molecule has 2 amide bonds. The van der Waals surface area contributed by atoms with Crippen molar-refractivity contribution in [2.24, 2.45) is 0 Å². The van der Waals surface area contributed by atoms with E-state index in [-0.39, 0.29) is 12.8 Å². The molecule has 2 rings (SSSR count). The fourth-order valence-electron chi connectivity index (χ4n) is 1.48. The Balaban J connectivity index is 2.09. The second-order valence-electron chi connectivity index (χ2n) is 3.74. The van der Waals surface area contributed by atoms with E-state index in [1.807, 2.05) is 6.92 Å². The fraction of sp³-hybridized carbons (Fsp3) is 0.273. The summed E-state index contributed by atoms with van der Waals surface area (Å²) < 4.78 is 17.5. The van der Waals surface area contributed by atoms with Crippen molar-refractivity contribution in [1.82, 2.24) is 4.67 Å². The summed E-state index contributed by atoms with van der Waals surface area (Å²) in [6.45, 7) is 1.91. The number of hydrogen-bond donors (Lipinski definition) is 0. The minimum absolute atomic E-state index is 0.108. The Morgan fingerprint density at radius 2 is 1.65 bits per heavy atom. The van der Waals surface area contributed by atoms with Gasteiger partial charge in [0.15, 0.2) is 5.75 Å². The first-order chi connectivity index (χ1) is 8.08. The van der Waals surface area contributed by atoms with Crippen LogP contribution in [-0.4, -0.2) is 16.5 Å². The molecule has 1 aliphatic heterocycles. The van der Waals surface area contributed by atoms with Gasteiger partial charge in [-0.2, -0.15) is 0 Å². The summed E-state index contributed by atoms with van der Waals surface area (Å²) in [5, 5.41) is 0. The van der Waals surface area contributed by atoms with Gasteiger partial charge in [0, 0.05) is 17.4 Å². The van der Waals surface area contributed by atoms with Crippen molar-refractivity contribution in [1.29, 1.82) is 0 Å². The standard InChI is InChI=1S/C11H11NO4P/c1-8-2-4-9(5-3-8)16-17(15)12-10(13)6-7-11(12)14/h2-5H,6-7H2,1H3/q+1. The normalized spacial score (nSPS) is 16.3. The van der Waals surface area contributed by atoms with Crippen molar-refractivity contribution >= 4 is 20.0 Å². The molecule has 0 bridgehead atoms. The third kappa shape index (κ3) is 2.50.